The second-order valence-electron chi connectivity index (χ2n) is 5.04. The van der Waals surface area contributed by atoms with Crippen molar-refractivity contribution in [1.29, 1.82) is 0 Å². The maximum Gasteiger partial charge on any atom is 0.0762 e. The molecule has 2 rings (SSSR count). The summed E-state index contributed by atoms with van der Waals surface area (Å²) in [5.74, 6) is 0. The smallest absolute Gasteiger partial charge is 0.0762 e. The molecule has 1 saturated heterocycles. The summed E-state index contributed by atoms with van der Waals surface area (Å²) in [7, 11) is 1.79. The Hall–Kier alpha value is -0.770. The van der Waals surface area contributed by atoms with Gasteiger partial charge in [-0.05, 0) is 43.1 Å². The van der Waals surface area contributed by atoms with Gasteiger partial charge < -0.3 is 15.0 Å². The van der Waals surface area contributed by atoms with E-state index < -0.39 is 0 Å². The summed E-state index contributed by atoms with van der Waals surface area (Å²) in [6, 6.07) is 6.17. The zero-order valence-electron chi connectivity index (χ0n) is 11.8. The molecule has 106 valence electrons. The summed E-state index contributed by atoms with van der Waals surface area (Å²) < 4.78 is 5.44. The zero-order valence-corrected chi connectivity index (χ0v) is 12.5. The fourth-order valence-electron chi connectivity index (χ4n) is 2.54. The van der Waals surface area contributed by atoms with Crippen molar-refractivity contribution < 1.29 is 4.74 Å². The molecule has 1 fully saturated rings. The van der Waals surface area contributed by atoms with Crippen molar-refractivity contribution in [3.05, 3.63) is 28.8 Å². The molecule has 1 aliphatic rings. The summed E-state index contributed by atoms with van der Waals surface area (Å²) in [5, 5.41) is 4.26. The monoisotopic (exact) mass is 282 g/mol. The number of nitrogens with one attached hydrogen (secondary N) is 1. The second-order valence-corrected chi connectivity index (χ2v) is 5.48. The van der Waals surface area contributed by atoms with Gasteiger partial charge in [0.25, 0.3) is 0 Å². The molecule has 0 aromatic heterocycles. The van der Waals surface area contributed by atoms with Crippen LogP contribution >= 0.6 is 11.6 Å². The number of benzene rings is 1. The lowest BCUT2D eigenvalue weighted by molar-refractivity contribution is 0.121. The van der Waals surface area contributed by atoms with Crippen molar-refractivity contribution in [2.45, 2.75) is 32.4 Å². The number of hydrogen-bond acceptors (Lipinski definition) is 3. The molecule has 0 saturated carbocycles. The van der Waals surface area contributed by atoms with Crippen LogP contribution in [-0.4, -0.2) is 32.8 Å². The average Bonchev–Trinajstić information content (AvgIpc) is 2.88. The third-order valence-corrected chi connectivity index (χ3v) is 3.84. The second kappa shape index (κ2) is 7.13. The van der Waals surface area contributed by atoms with Crippen LogP contribution in [0.15, 0.2) is 18.2 Å². The first-order chi connectivity index (χ1) is 9.24. The van der Waals surface area contributed by atoms with E-state index in [1.54, 1.807) is 7.11 Å². The molecule has 1 unspecified atom stereocenters. The number of ether oxygens (including phenoxy) is 1. The maximum absolute atomic E-state index is 6.12. The van der Waals surface area contributed by atoms with E-state index in [1.807, 2.05) is 6.07 Å². The Balaban J connectivity index is 2.10. The Bertz CT molecular complexity index is 411. The number of anilines is 1. The number of hydrogen-bond donors (Lipinski definition) is 1. The first-order valence-corrected chi connectivity index (χ1v) is 7.39. The highest BCUT2D eigenvalue weighted by molar-refractivity contribution is 6.30. The van der Waals surface area contributed by atoms with Crippen LogP contribution in [0, 0.1) is 0 Å². The molecule has 1 aromatic rings. The zero-order chi connectivity index (χ0) is 13.7. The Morgan fingerprint density at radius 2 is 2.32 bits per heavy atom. The Morgan fingerprint density at radius 1 is 1.47 bits per heavy atom. The minimum absolute atomic E-state index is 0.354. The van der Waals surface area contributed by atoms with E-state index in [9.17, 15) is 0 Å². The Labute approximate surface area is 120 Å². The van der Waals surface area contributed by atoms with Crippen molar-refractivity contribution in [3.63, 3.8) is 0 Å². The molecule has 19 heavy (non-hydrogen) atoms. The Morgan fingerprint density at radius 3 is 3.00 bits per heavy atom. The number of rotatable bonds is 6. The predicted molar refractivity (Wildman–Crippen MR) is 81.1 cm³/mol. The molecule has 0 radical (unpaired) electrons. The van der Waals surface area contributed by atoms with Gasteiger partial charge in [-0.15, -0.1) is 0 Å². The van der Waals surface area contributed by atoms with Crippen LogP contribution in [0.4, 0.5) is 5.69 Å². The van der Waals surface area contributed by atoms with E-state index in [-0.39, 0.29) is 0 Å². The third-order valence-electron chi connectivity index (χ3n) is 3.60. The van der Waals surface area contributed by atoms with Gasteiger partial charge in [0.15, 0.2) is 0 Å². The highest BCUT2D eigenvalue weighted by Gasteiger charge is 2.23. The highest BCUT2D eigenvalue weighted by Crippen LogP contribution is 2.28. The summed E-state index contributed by atoms with van der Waals surface area (Å²) >= 11 is 6.12. The molecule has 1 heterocycles. The number of nitrogens with zero attached hydrogens (tertiary/aromatic N) is 1. The molecule has 0 spiro atoms. The average molecular weight is 283 g/mol. The van der Waals surface area contributed by atoms with Crippen molar-refractivity contribution in [2.24, 2.45) is 0 Å². The summed E-state index contributed by atoms with van der Waals surface area (Å²) in [5.41, 5.74) is 2.56. The third kappa shape index (κ3) is 3.85. The maximum atomic E-state index is 6.12. The SMILES string of the molecule is CCCNCc1cc(Cl)ccc1N1CCC(OC)C1. The van der Waals surface area contributed by atoms with Gasteiger partial charge in [-0.3, -0.25) is 0 Å². The first-order valence-electron chi connectivity index (χ1n) is 7.01. The highest BCUT2D eigenvalue weighted by atomic mass is 35.5. The Kier molecular flexibility index (Phi) is 5.49. The molecule has 1 atom stereocenters. The van der Waals surface area contributed by atoms with E-state index in [2.05, 4.69) is 29.3 Å². The lowest BCUT2D eigenvalue weighted by Crippen LogP contribution is -2.24. The summed E-state index contributed by atoms with van der Waals surface area (Å²) in [6.45, 7) is 6.11. The van der Waals surface area contributed by atoms with Crippen molar-refractivity contribution >= 4 is 17.3 Å². The van der Waals surface area contributed by atoms with E-state index in [0.29, 0.717) is 6.10 Å². The predicted octanol–water partition coefficient (Wildman–Crippen LogP) is 3.06. The molecule has 1 aromatic carbocycles. The largest absolute Gasteiger partial charge is 0.380 e. The van der Waals surface area contributed by atoms with E-state index >= 15 is 0 Å². The van der Waals surface area contributed by atoms with Gasteiger partial charge in [-0.25, -0.2) is 0 Å². The number of methoxy groups -OCH3 is 1. The van der Waals surface area contributed by atoms with Crippen LogP contribution in [0.5, 0.6) is 0 Å². The molecule has 1 N–H and O–H groups in total. The minimum Gasteiger partial charge on any atom is -0.380 e. The molecular weight excluding hydrogens is 260 g/mol. The summed E-state index contributed by atoms with van der Waals surface area (Å²) in [6.07, 6.45) is 2.60. The van der Waals surface area contributed by atoms with E-state index in [4.69, 9.17) is 16.3 Å². The lowest BCUT2D eigenvalue weighted by Gasteiger charge is -2.22. The van der Waals surface area contributed by atoms with Gasteiger partial charge in [0.1, 0.15) is 0 Å². The molecule has 3 nitrogen and oxygen atoms in total. The van der Waals surface area contributed by atoms with Gasteiger partial charge in [0, 0.05) is 37.5 Å². The fourth-order valence-corrected chi connectivity index (χ4v) is 2.74. The van der Waals surface area contributed by atoms with Gasteiger partial charge in [-0.1, -0.05) is 18.5 Å². The molecular formula is C15H23ClN2O. The molecule has 4 heteroatoms. The fraction of sp³-hybridized carbons (Fsp3) is 0.600. The van der Waals surface area contributed by atoms with Gasteiger partial charge in [0.05, 0.1) is 6.10 Å². The minimum atomic E-state index is 0.354. The normalized spacial score (nSPS) is 19.1. The van der Waals surface area contributed by atoms with Crippen LogP contribution in [0.3, 0.4) is 0 Å². The molecule has 0 amide bonds. The van der Waals surface area contributed by atoms with Crippen molar-refractivity contribution in [3.8, 4) is 0 Å². The molecule has 1 aliphatic heterocycles. The van der Waals surface area contributed by atoms with E-state index in [0.717, 1.165) is 44.0 Å². The van der Waals surface area contributed by atoms with Crippen LogP contribution in [-0.2, 0) is 11.3 Å². The van der Waals surface area contributed by atoms with Crippen molar-refractivity contribution in [1.82, 2.24) is 5.32 Å². The standard InChI is InChI=1S/C15H23ClN2O/c1-3-7-17-10-12-9-13(16)4-5-15(12)18-8-6-14(11-18)19-2/h4-5,9,14,17H,3,6-8,10-11H2,1-2H3. The van der Waals surface area contributed by atoms with Crippen LogP contribution < -0.4 is 10.2 Å². The quantitative estimate of drug-likeness (QED) is 0.812. The van der Waals surface area contributed by atoms with Gasteiger partial charge in [-0.2, -0.15) is 0 Å². The molecule has 0 aliphatic carbocycles. The summed E-state index contributed by atoms with van der Waals surface area (Å²) in [4.78, 5) is 2.40. The van der Waals surface area contributed by atoms with Crippen LogP contribution in [0.25, 0.3) is 0 Å². The lowest BCUT2D eigenvalue weighted by atomic mass is 10.1. The van der Waals surface area contributed by atoms with Crippen LogP contribution in [0.1, 0.15) is 25.3 Å². The van der Waals surface area contributed by atoms with Gasteiger partial charge in [0.2, 0.25) is 0 Å². The van der Waals surface area contributed by atoms with Crippen molar-refractivity contribution in [2.75, 3.05) is 31.6 Å². The first kappa shape index (κ1) is 14.6. The molecule has 0 bridgehead atoms. The van der Waals surface area contributed by atoms with E-state index in [1.165, 1.54) is 11.3 Å². The van der Waals surface area contributed by atoms with Crippen LogP contribution in [0.2, 0.25) is 5.02 Å². The number of halogens is 1. The topological polar surface area (TPSA) is 24.5 Å². The van der Waals surface area contributed by atoms with Gasteiger partial charge >= 0.3 is 0 Å².